The molecule has 1 amide bonds. The largest absolute Gasteiger partial charge is 0.480 e. The number of thiophene rings is 1. The van der Waals surface area contributed by atoms with Gasteiger partial charge >= 0.3 is 5.97 Å². The molecule has 0 saturated heterocycles. The van der Waals surface area contributed by atoms with Crippen LogP contribution < -0.4 is 0 Å². The molecule has 1 aromatic heterocycles. The molecule has 4 nitrogen and oxygen atoms in total. The lowest BCUT2D eigenvalue weighted by molar-refractivity contribution is -0.145. The summed E-state index contributed by atoms with van der Waals surface area (Å²) in [5.74, 6) is -0.855. The number of nitrogens with zero attached hydrogens (tertiary/aromatic N) is 1. The van der Waals surface area contributed by atoms with E-state index in [2.05, 4.69) is 0 Å². The average molecular weight is 253 g/mol. The number of hydrogen-bond acceptors (Lipinski definition) is 3. The van der Waals surface area contributed by atoms with Crippen molar-refractivity contribution in [3.05, 3.63) is 22.4 Å². The molecule has 0 aliphatic heterocycles. The van der Waals surface area contributed by atoms with Gasteiger partial charge in [0.15, 0.2) is 0 Å². The van der Waals surface area contributed by atoms with Crippen LogP contribution in [-0.2, 0) is 16.0 Å². The zero-order valence-corrected chi connectivity index (χ0v) is 10.3. The summed E-state index contributed by atoms with van der Waals surface area (Å²) in [5.41, 5.74) is 0. The third-order valence-corrected chi connectivity index (χ3v) is 3.71. The fraction of sp³-hybridized carbons (Fsp3) is 0.500. The van der Waals surface area contributed by atoms with Gasteiger partial charge in [0.2, 0.25) is 5.91 Å². The Balaban J connectivity index is 1.90. The van der Waals surface area contributed by atoms with Gasteiger partial charge in [-0.25, -0.2) is 0 Å². The van der Waals surface area contributed by atoms with Crippen molar-refractivity contribution in [2.24, 2.45) is 5.92 Å². The highest BCUT2D eigenvalue weighted by Gasteiger charge is 2.33. The maximum Gasteiger partial charge on any atom is 0.323 e. The molecule has 1 aromatic rings. The van der Waals surface area contributed by atoms with Gasteiger partial charge in [0, 0.05) is 17.3 Å². The molecule has 92 valence electrons. The first kappa shape index (κ1) is 12.1. The highest BCUT2D eigenvalue weighted by Crippen LogP contribution is 2.31. The van der Waals surface area contributed by atoms with E-state index < -0.39 is 5.97 Å². The molecule has 17 heavy (non-hydrogen) atoms. The molecule has 1 aliphatic carbocycles. The quantitative estimate of drug-likeness (QED) is 0.838. The van der Waals surface area contributed by atoms with Gasteiger partial charge in [-0.2, -0.15) is 0 Å². The van der Waals surface area contributed by atoms with E-state index in [1.54, 1.807) is 11.3 Å². The number of carboxylic acids is 1. The summed E-state index contributed by atoms with van der Waals surface area (Å²) in [6.07, 6.45) is 2.56. The van der Waals surface area contributed by atoms with Crippen LogP contribution in [-0.4, -0.2) is 35.0 Å². The lowest BCUT2D eigenvalue weighted by Gasteiger charge is -2.20. The molecule has 1 heterocycles. The molecule has 1 aliphatic rings. The molecule has 0 bridgehead atoms. The Morgan fingerprint density at radius 3 is 2.76 bits per heavy atom. The minimum Gasteiger partial charge on any atom is -0.480 e. The third kappa shape index (κ3) is 3.56. The molecule has 0 unspecified atom stereocenters. The van der Waals surface area contributed by atoms with E-state index in [1.807, 2.05) is 17.5 Å². The standard InChI is InChI=1S/C12H15NO3S/c14-11(15)8-13(12(16)9-3-4-9)6-5-10-2-1-7-17-10/h1-2,7,9H,3-6,8H2,(H,14,15). The summed E-state index contributed by atoms with van der Waals surface area (Å²) in [4.78, 5) is 25.2. The van der Waals surface area contributed by atoms with Gasteiger partial charge in [0.05, 0.1) is 0 Å². The van der Waals surface area contributed by atoms with Crippen LogP contribution in [0.15, 0.2) is 17.5 Å². The smallest absolute Gasteiger partial charge is 0.323 e. The van der Waals surface area contributed by atoms with Gasteiger partial charge in [0.25, 0.3) is 0 Å². The van der Waals surface area contributed by atoms with Crippen molar-refractivity contribution in [2.75, 3.05) is 13.1 Å². The minimum absolute atomic E-state index is 0.00366. The van der Waals surface area contributed by atoms with Crippen molar-refractivity contribution in [2.45, 2.75) is 19.3 Å². The summed E-state index contributed by atoms with van der Waals surface area (Å²) in [5, 5.41) is 10.8. The van der Waals surface area contributed by atoms with Crippen LogP contribution in [0.4, 0.5) is 0 Å². The Morgan fingerprint density at radius 1 is 1.47 bits per heavy atom. The molecule has 2 rings (SSSR count). The Morgan fingerprint density at radius 2 is 2.24 bits per heavy atom. The van der Waals surface area contributed by atoms with Crippen LogP contribution in [0.1, 0.15) is 17.7 Å². The molecular formula is C12H15NO3S. The molecule has 0 spiro atoms. The van der Waals surface area contributed by atoms with Crippen molar-refractivity contribution >= 4 is 23.2 Å². The van der Waals surface area contributed by atoms with E-state index in [9.17, 15) is 9.59 Å². The van der Waals surface area contributed by atoms with Crippen molar-refractivity contribution in [1.29, 1.82) is 0 Å². The molecule has 1 N–H and O–H groups in total. The SMILES string of the molecule is O=C(O)CN(CCc1cccs1)C(=O)C1CC1. The second kappa shape index (κ2) is 5.31. The Labute approximate surface area is 104 Å². The van der Waals surface area contributed by atoms with Crippen molar-refractivity contribution in [3.8, 4) is 0 Å². The topological polar surface area (TPSA) is 57.6 Å². The lowest BCUT2D eigenvalue weighted by Crippen LogP contribution is -2.38. The summed E-state index contributed by atoms with van der Waals surface area (Å²) >= 11 is 1.63. The Kier molecular flexibility index (Phi) is 3.78. The van der Waals surface area contributed by atoms with Gasteiger partial charge in [-0.05, 0) is 30.7 Å². The van der Waals surface area contributed by atoms with E-state index in [0.29, 0.717) is 6.54 Å². The van der Waals surface area contributed by atoms with Crippen molar-refractivity contribution in [3.63, 3.8) is 0 Å². The minimum atomic E-state index is -0.940. The van der Waals surface area contributed by atoms with E-state index in [1.165, 1.54) is 9.78 Å². The van der Waals surface area contributed by atoms with E-state index >= 15 is 0 Å². The Hall–Kier alpha value is -1.36. The molecule has 0 aromatic carbocycles. The normalized spacial score (nSPS) is 14.6. The molecule has 5 heteroatoms. The first-order chi connectivity index (χ1) is 8.16. The van der Waals surface area contributed by atoms with Crippen LogP contribution in [0, 0.1) is 5.92 Å². The average Bonchev–Trinajstić information content (AvgIpc) is 3.01. The fourth-order valence-electron chi connectivity index (χ4n) is 1.72. The molecular weight excluding hydrogens is 238 g/mol. The third-order valence-electron chi connectivity index (χ3n) is 2.77. The van der Waals surface area contributed by atoms with Gasteiger partial charge in [-0.3, -0.25) is 9.59 Å². The van der Waals surface area contributed by atoms with Crippen LogP contribution in [0.25, 0.3) is 0 Å². The predicted molar refractivity (Wildman–Crippen MR) is 65.0 cm³/mol. The van der Waals surface area contributed by atoms with Crippen LogP contribution in [0.2, 0.25) is 0 Å². The second-order valence-corrected chi connectivity index (χ2v) is 5.29. The van der Waals surface area contributed by atoms with Gasteiger partial charge in [-0.15, -0.1) is 11.3 Å². The maximum absolute atomic E-state index is 11.9. The Bertz CT molecular complexity index is 398. The highest BCUT2D eigenvalue weighted by atomic mass is 32.1. The molecule has 0 radical (unpaired) electrons. The number of carboxylic acid groups (broad SMARTS) is 1. The van der Waals surface area contributed by atoms with Gasteiger partial charge < -0.3 is 10.0 Å². The van der Waals surface area contributed by atoms with E-state index in [-0.39, 0.29) is 18.4 Å². The van der Waals surface area contributed by atoms with E-state index in [0.717, 1.165) is 19.3 Å². The monoisotopic (exact) mass is 253 g/mol. The first-order valence-electron chi connectivity index (χ1n) is 5.70. The fourth-order valence-corrected chi connectivity index (χ4v) is 2.42. The summed E-state index contributed by atoms with van der Waals surface area (Å²) < 4.78 is 0. The molecule has 0 atom stereocenters. The van der Waals surface area contributed by atoms with Crippen LogP contribution in [0.3, 0.4) is 0 Å². The summed E-state index contributed by atoms with van der Waals surface area (Å²) in [6.45, 7) is 0.322. The summed E-state index contributed by atoms with van der Waals surface area (Å²) in [7, 11) is 0. The number of carbonyl (C=O) groups is 2. The highest BCUT2D eigenvalue weighted by molar-refractivity contribution is 7.09. The van der Waals surface area contributed by atoms with E-state index in [4.69, 9.17) is 5.11 Å². The predicted octanol–water partition coefficient (Wildman–Crippen LogP) is 1.61. The number of aliphatic carboxylic acids is 1. The molecule has 1 saturated carbocycles. The maximum atomic E-state index is 11.9. The first-order valence-corrected chi connectivity index (χ1v) is 6.58. The molecule has 1 fully saturated rings. The van der Waals surface area contributed by atoms with Crippen molar-refractivity contribution in [1.82, 2.24) is 4.90 Å². The zero-order valence-electron chi connectivity index (χ0n) is 9.46. The number of hydrogen-bond donors (Lipinski definition) is 1. The van der Waals surface area contributed by atoms with Crippen LogP contribution in [0.5, 0.6) is 0 Å². The summed E-state index contributed by atoms with van der Waals surface area (Å²) in [6, 6.07) is 3.97. The zero-order chi connectivity index (χ0) is 12.3. The van der Waals surface area contributed by atoms with Crippen molar-refractivity contribution < 1.29 is 14.7 Å². The second-order valence-electron chi connectivity index (χ2n) is 4.26. The van der Waals surface area contributed by atoms with Gasteiger partial charge in [-0.1, -0.05) is 6.07 Å². The van der Waals surface area contributed by atoms with Crippen LogP contribution >= 0.6 is 11.3 Å². The lowest BCUT2D eigenvalue weighted by atomic mass is 10.3. The van der Waals surface area contributed by atoms with Gasteiger partial charge in [0.1, 0.15) is 6.54 Å². The number of carbonyl (C=O) groups excluding carboxylic acids is 1. The number of rotatable bonds is 6. The number of amides is 1.